The number of carbonyl (C=O) groups is 1. The van der Waals surface area contributed by atoms with Gasteiger partial charge in [-0.05, 0) is 49.2 Å². The predicted octanol–water partition coefficient (Wildman–Crippen LogP) is 5.22. The molecule has 202 valence electrons. The molecule has 39 heavy (non-hydrogen) atoms. The number of amides is 1. The summed E-state index contributed by atoms with van der Waals surface area (Å²) in [6, 6.07) is 14.6. The fraction of sp³-hybridized carbons (Fsp3) is 0.300. The number of unbranched alkanes of at least 4 members (excludes halogenated alkanes) is 1. The van der Waals surface area contributed by atoms with Crippen LogP contribution in [0.2, 0.25) is 0 Å². The second-order valence-electron chi connectivity index (χ2n) is 9.81. The van der Waals surface area contributed by atoms with Gasteiger partial charge in [0.25, 0.3) is 0 Å². The summed E-state index contributed by atoms with van der Waals surface area (Å²) >= 11 is 0. The number of benzene rings is 2. The Bertz CT molecular complexity index is 1620. The minimum absolute atomic E-state index is 0.124. The highest BCUT2D eigenvalue weighted by molar-refractivity contribution is 5.94. The number of aromatic nitrogens is 4. The van der Waals surface area contributed by atoms with Crippen LogP contribution in [0.3, 0.4) is 0 Å². The molecule has 0 fully saturated rings. The van der Waals surface area contributed by atoms with E-state index >= 15 is 0 Å². The molecular weight excluding hydrogens is 492 g/mol. The molecule has 0 saturated heterocycles. The highest BCUT2D eigenvalue weighted by Crippen LogP contribution is 2.34. The lowest BCUT2D eigenvalue weighted by molar-refractivity contribution is -0.123. The number of hydrogen-bond donors (Lipinski definition) is 5. The maximum atomic E-state index is 13.7. The normalized spacial score (nSPS) is 13.0. The van der Waals surface area contributed by atoms with Crippen LogP contribution in [0.4, 0.5) is 0 Å². The highest BCUT2D eigenvalue weighted by atomic mass is 16.5. The molecule has 0 bridgehead atoms. The van der Waals surface area contributed by atoms with Crippen LogP contribution in [-0.4, -0.2) is 44.6 Å². The minimum atomic E-state index is -0.594. The highest BCUT2D eigenvalue weighted by Gasteiger charge is 2.28. The smallest absolute Gasteiger partial charge is 0.229 e. The van der Waals surface area contributed by atoms with Gasteiger partial charge in [-0.15, -0.1) is 0 Å². The number of hydrogen-bond acceptors (Lipinski definition) is 6. The summed E-state index contributed by atoms with van der Waals surface area (Å²) in [4.78, 5) is 29.7. The molecule has 1 amide bonds. The maximum Gasteiger partial charge on any atom is 0.229 e. The Labute approximate surface area is 226 Å². The van der Waals surface area contributed by atoms with Gasteiger partial charge in [0.1, 0.15) is 11.6 Å². The molecule has 0 unspecified atom stereocenters. The molecule has 3 aromatic heterocycles. The summed E-state index contributed by atoms with van der Waals surface area (Å²) < 4.78 is 5.59. The molecule has 3 heterocycles. The third kappa shape index (κ3) is 5.18. The van der Waals surface area contributed by atoms with Crippen LogP contribution in [0.5, 0.6) is 11.6 Å². The van der Waals surface area contributed by atoms with Crippen molar-refractivity contribution in [3.05, 3.63) is 71.8 Å². The first-order valence-corrected chi connectivity index (χ1v) is 13.2. The number of imidazole rings is 1. The molecule has 0 aliphatic heterocycles. The van der Waals surface area contributed by atoms with E-state index < -0.39 is 5.92 Å². The zero-order valence-corrected chi connectivity index (χ0v) is 22.4. The number of phenolic OH excluding ortho intramolecular Hbond substituents is 1. The average molecular weight is 527 g/mol. The molecule has 0 radical (unpaired) electrons. The zero-order chi connectivity index (χ0) is 27.5. The number of nitrogens with zero attached hydrogens (tertiary/aromatic N) is 2. The number of rotatable bonds is 10. The number of aromatic amines is 2. The lowest BCUT2D eigenvalue weighted by Gasteiger charge is -2.21. The topological polar surface area (TPSA) is 142 Å². The Morgan fingerprint density at radius 3 is 2.77 bits per heavy atom. The second kappa shape index (κ2) is 11.2. The fourth-order valence-corrected chi connectivity index (χ4v) is 5.20. The quantitative estimate of drug-likeness (QED) is 0.169. The molecule has 0 saturated carbocycles. The molecule has 0 aliphatic rings. The lowest BCUT2D eigenvalue weighted by atomic mass is 9.94. The van der Waals surface area contributed by atoms with E-state index in [4.69, 9.17) is 10.5 Å². The third-order valence-electron chi connectivity index (χ3n) is 7.18. The van der Waals surface area contributed by atoms with Crippen molar-refractivity contribution in [2.24, 2.45) is 5.73 Å². The van der Waals surface area contributed by atoms with Gasteiger partial charge in [-0.3, -0.25) is 4.79 Å². The molecule has 2 atom stereocenters. The number of methoxy groups -OCH3 is 1. The zero-order valence-electron chi connectivity index (χ0n) is 22.4. The van der Waals surface area contributed by atoms with Crippen molar-refractivity contribution in [2.75, 3.05) is 13.7 Å². The van der Waals surface area contributed by atoms with Gasteiger partial charge in [-0.2, -0.15) is 0 Å². The summed E-state index contributed by atoms with van der Waals surface area (Å²) in [5.41, 5.74) is 11.0. The number of fused-ring (bicyclic) bond motifs is 2. The maximum absolute atomic E-state index is 13.7. The Morgan fingerprint density at radius 1 is 1.18 bits per heavy atom. The molecule has 0 aliphatic carbocycles. The van der Waals surface area contributed by atoms with Crippen molar-refractivity contribution in [2.45, 2.75) is 45.1 Å². The summed E-state index contributed by atoms with van der Waals surface area (Å²) in [7, 11) is 1.60. The van der Waals surface area contributed by atoms with Crippen molar-refractivity contribution in [3.63, 3.8) is 0 Å². The van der Waals surface area contributed by atoms with E-state index in [1.54, 1.807) is 31.5 Å². The fourth-order valence-electron chi connectivity index (χ4n) is 5.20. The van der Waals surface area contributed by atoms with Crippen LogP contribution in [0.25, 0.3) is 33.1 Å². The number of ether oxygens (including phenoxy) is 1. The van der Waals surface area contributed by atoms with Crippen LogP contribution in [-0.2, 0) is 4.79 Å². The van der Waals surface area contributed by atoms with Crippen LogP contribution < -0.4 is 15.8 Å². The molecule has 5 rings (SSSR count). The van der Waals surface area contributed by atoms with E-state index in [9.17, 15) is 9.90 Å². The number of phenols is 1. The monoisotopic (exact) mass is 526 g/mol. The second-order valence-corrected chi connectivity index (χ2v) is 9.81. The summed E-state index contributed by atoms with van der Waals surface area (Å²) in [5.74, 6) is 0.518. The van der Waals surface area contributed by atoms with E-state index in [1.165, 1.54) is 0 Å². The van der Waals surface area contributed by atoms with Crippen molar-refractivity contribution in [3.8, 4) is 22.9 Å². The van der Waals surface area contributed by atoms with Crippen LogP contribution >= 0.6 is 0 Å². The van der Waals surface area contributed by atoms with E-state index in [2.05, 4.69) is 32.2 Å². The largest absolute Gasteiger partial charge is 0.508 e. The van der Waals surface area contributed by atoms with E-state index in [-0.39, 0.29) is 24.2 Å². The number of pyridine rings is 1. The number of carbonyl (C=O) groups excluding carboxylic acids is 1. The van der Waals surface area contributed by atoms with Crippen molar-refractivity contribution in [1.82, 2.24) is 25.3 Å². The lowest BCUT2D eigenvalue weighted by Crippen LogP contribution is -2.36. The van der Waals surface area contributed by atoms with Crippen LogP contribution in [0.15, 0.2) is 54.7 Å². The van der Waals surface area contributed by atoms with Crippen LogP contribution in [0, 0.1) is 6.92 Å². The van der Waals surface area contributed by atoms with Gasteiger partial charge < -0.3 is 30.9 Å². The first-order valence-electron chi connectivity index (χ1n) is 13.2. The van der Waals surface area contributed by atoms with Gasteiger partial charge in [0.15, 0.2) is 0 Å². The van der Waals surface area contributed by atoms with Crippen molar-refractivity contribution in [1.29, 1.82) is 0 Å². The molecule has 9 heteroatoms. The Hall–Kier alpha value is -4.37. The third-order valence-corrected chi connectivity index (χ3v) is 7.18. The summed E-state index contributed by atoms with van der Waals surface area (Å²) in [6.45, 7) is 4.16. The number of aryl methyl sites for hydroxylation is 1. The van der Waals surface area contributed by atoms with Crippen LogP contribution in [0.1, 0.15) is 55.2 Å². The van der Waals surface area contributed by atoms with E-state index in [0.717, 1.165) is 57.2 Å². The standard InChI is InChI=1S/C30H34N6O3/c1-4-5-9-25(35-29(38)22(15-31)27-17(2)33-24-12-11-19(37)14-20(24)27)28-32-16-26(34-28)21-13-18-8-6-7-10-23(18)36-30(21)39-3/h6-8,10-14,16,22,25,33,37H,4-5,9,15,31H2,1-3H3,(H,32,34)(H,35,38)/t22-,25+/m1/s1. The Morgan fingerprint density at radius 2 is 2.00 bits per heavy atom. The van der Waals surface area contributed by atoms with Gasteiger partial charge in [0.2, 0.25) is 11.8 Å². The van der Waals surface area contributed by atoms with Crippen molar-refractivity contribution < 1.29 is 14.6 Å². The minimum Gasteiger partial charge on any atom is -0.508 e. The molecule has 5 aromatic rings. The molecule has 0 spiro atoms. The molecule has 9 nitrogen and oxygen atoms in total. The van der Waals surface area contributed by atoms with Gasteiger partial charge in [0, 0.05) is 28.5 Å². The Kier molecular flexibility index (Phi) is 7.51. The van der Waals surface area contributed by atoms with Gasteiger partial charge in [-0.1, -0.05) is 38.0 Å². The van der Waals surface area contributed by atoms with E-state index in [1.807, 2.05) is 37.3 Å². The predicted molar refractivity (Wildman–Crippen MR) is 153 cm³/mol. The number of nitrogens with one attached hydrogen (secondary N) is 3. The SMILES string of the molecule is CCCC[C@H](NC(=O)[C@H](CN)c1c(C)[nH]c2ccc(O)cc12)c1ncc(-c2cc3ccccc3nc2OC)[nH]1. The first kappa shape index (κ1) is 26.2. The number of nitrogens with two attached hydrogens (primary N) is 1. The number of aromatic hydroxyl groups is 1. The average Bonchev–Trinajstić information content (AvgIpc) is 3.55. The summed E-state index contributed by atoms with van der Waals surface area (Å²) in [5, 5.41) is 15.1. The number of para-hydroxylation sites is 1. The van der Waals surface area contributed by atoms with Gasteiger partial charge in [-0.25, -0.2) is 9.97 Å². The van der Waals surface area contributed by atoms with Gasteiger partial charge >= 0.3 is 0 Å². The summed E-state index contributed by atoms with van der Waals surface area (Å²) in [6.07, 6.45) is 4.35. The molecular formula is C30H34N6O3. The van der Waals surface area contributed by atoms with Crippen molar-refractivity contribution >= 4 is 27.7 Å². The molecule has 2 aromatic carbocycles. The van der Waals surface area contributed by atoms with Gasteiger partial charge in [0.05, 0.1) is 42.0 Å². The number of H-pyrrole nitrogens is 2. The first-order chi connectivity index (χ1) is 18.9. The van der Waals surface area contributed by atoms with E-state index in [0.29, 0.717) is 18.1 Å². The Balaban J connectivity index is 1.46. The molecule has 6 N–H and O–H groups in total.